The summed E-state index contributed by atoms with van der Waals surface area (Å²) in [4.78, 5) is 25.5. The van der Waals surface area contributed by atoms with Gasteiger partial charge in [0, 0.05) is 30.2 Å². The van der Waals surface area contributed by atoms with E-state index >= 15 is 0 Å². The van der Waals surface area contributed by atoms with Crippen LogP contribution in [0, 0.1) is 11.6 Å². The van der Waals surface area contributed by atoms with E-state index in [-0.39, 0.29) is 17.9 Å². The molecule has 9 heteroatoms. The number of nitrogens with one attached hydrogen (secondary N) is 3. The van der Waals surface area contributed by atoms with Gasteiger partial charge in [0.05, 0.1) is 19.3 Å². The van der Waals surface area contributed by atoms with Crippen molar-refractivity contribution in [2.45, 2.75) is 49.6 Å². The van der Waals surface area contributed by atoms with Gasteiger partial charge in [-0.25, -0.2) is 13.6 Å². The second-order valence-electron chi connectivity index (χ2n) is 10.3. The van der Waals surface area contributed by atoms with Crippen LogP contribution in [0.5, 0.6) is 11.5 Å². The fourth-order valence-electron chi connectivity index (χ4n) is 5.24. The van der Waals surface area contributed by atoms with Gasteiger partial charge in [-0.15, -0.1) is 0 Å². The van der Waals surface area contributed by atoms with Gasteiger partial charge in [0.15, 0.2) is 0 Å². The summed E-state index contributed by atoms with van der Waals surface area (Å²) in [5.74, 6) is -2.30. The van der Waals surface area contributed by atoms with Gasteiger partial charge in [-0.2, -0.15) is 0 Å². The maximum Gasteiger partial charge on any atom is 0.316 e. The van der Waals surface area contributed by atoms with Gasteiger partial charge in [0.25, 0.3) is 0 Å². The van der Waals surface area contributed by atoms with Crippen LogP contribution in [0.25, 0.3) is 0 Å². The highest BCUT2D eigenvalue weighted by Gasteiger charge is 2.47. The van der Waals surface area contributed by atoms with Gasteiger partial charge in [0.2, 0.25) is 5.91 Å². The molecule has 3 aromatic rings. The lowest BCUT2D eigenvalue weighted by Crippen LogP contribution is -2.50. The van der Waals surface area contributed by atoms with Crippen molar-refractivity contribution in [3.05, 3.63) is 95.1 Å². The Morgan fingerprint density at radius 2 is 1.75 bits per heavy atom. The maximum absolute atomic E-state index is 14.7. The maximum atomic E-state index is 14.7. The van der Waals surface area contributed by atoms with Gasteiger partial charge in [-0.1, -0.05) is 42.5 Å². The van der Waals surface area contributed by atoms with E-state index < -0.39 is 41.1 Å². The first-order valence-corrected chi connectivity index (χ1v) is 13.5. The van der Waals surface area contributed by atoms with Crippen molar-refractivity contribution in [2.75, 3.05) is 20.3 Å². The minimum Gasteiger partial charge on any atom is -0.497 e. The topological polar surface area (TPSA) is 88.7 Å². The molecule has 1 aliphatic heterocycles. The van der Waals surface area contributed by atoms with Crippen LogP contribution in [0.3, 0.4) is 0 Å². The summed E-state index contributed by atoms with van der Waals surface area (Å²) in [6, 6.07) is 18.4. The number of carbonyl (C=O) groups excluding carboxylic acids is 2. The molecule has 0 radical (unpaired) electrons. The molecule has 1 saturated heterocycles. The van der Waals surface area contributed by atoms with Crippen LogP contribution < -0.4 is 25.4 Å². The van der Waals surface area contributed by atoms with Crippen LogP contribution in [-0.4, -0.2) is 38.2 Å². The van der Waals surface area contributed by atoms with Gasteiger partial charge in [-0.05, 0) is 55.4 Å². The Bertz CT molecular complexity index is 1340. The molecule has 0 aromatic heterocycles. The van der Waals surface area contributed by atoms with Crippen molar-refractivity contribution >= 4 is 11.9 Å². The van der Waals surface area contributed by atoms with Gasteiger partial charge < -0.3 is 25.4 Å². The summed E-state index contributed by atoms with van der Waals surface area (Å²) < 4.78 is 40.4. The number of rotatable bonds is 11. The predicted molar refractivity (Wildman–Crippen MR) is 146 cm³/mol. The summed E-state index contributed by atoms with van der Waals surface area (Å²) in [6.07, 6.45) is 4.40. The smallest absolute Gasteiger partial charge is 0.316 e. The number of aryl methyl sites for hydroxylation is 1. The Balaban J connectivity index is 1.18. The molecule has 3 amide bonds. The number of amides is 3. The number of methoxy groups -OCH3 is 1. The van der Waals surface area contributed by atoms with Crippen LogP contribution in [0.2, 0.25) is 0 Å². The van der Waals surface area contributed by atoms with E-state index in [1.165, 1.54) is 12.7 Å². The molecular formula is C31H33F2N3O4. The lowest BCUT2D eigenvalue weighted by molar-refractivity contribution is -0.120. The number of ether oxygens (including phenoxy) is 2. The van der Waals surface area contributed by atoms with Crippen LogP contribution in [0.4, 0.5) is 13.6 Å². The molecule has 5 rings (SSSR count). The monoisotopic (exact) mass is 549 g/mol. The van der Waals surface area contributed by atoms with E-state index in [4.69, 9.17) is 9.47 Å². The first-order valence-electron chi connectivity index (χ1n) is 13.5. The highest BCUT2D eigenvalue weighted by Crippen LogP contribution is 2.46. The zero-order valence-electron chi connectivity index (χ0n) is 22.3. The van der Waals surface area contributed by atoms with Crippen LogP contribution in [0.1, 0.15) is 48.3 Å². The summed E-state index contributed by atoms with van der Waals surface area (Å²) in [6.45, 7) is 0.591. The third-order valence-electron chi connectivity index (χ3n) is 7.59. The number of urea groups is 1. The lowest BCUT2D eigenvalue weighted by Gasteiger charge is -2.23. The molecule has 2 fully saturated rings. The molecule has 2 atom stereocenters. The molecule has 3 N–H and O–H groups in total. The van der Waals surface area contributed by atoms with Crippen molar-refractivity contribution < 1.29 is 27.8 Å². The summed E-state index contributed by atoms with van der Waals surface area (Å²) in [5.41, 5.74) is 1.37. The Kier molecular flexibility index (Phi) is 8.19. The first kappa shape index (κ1) is 27.4. The molecule has 1 saturated carbocycles. The molecule has 0 unspecified atom stereocenters. The van der Waals surface area contributed by atoms with E-state index in [9.17, 15) is 18.4 Å². The standard InChI is InChI=1S/C31H33F2N3O4/c1-39-23-17-25(32)27(26(33)18-23)24-19-34-29(37)28(24)35-30(38)36-31(13-14-31)21-11-7-12-22(16-21)40-15-6-5-10-20-8-3-2-4-9-20/h2-4,7-9,11-12,16-18,24,28H,5-6,10,13-15,19H2,1H3,(H,34,37)(H2,35,36,38)/t24-,28-/m0/s1. The minimum atomic E-state index is -1.13. The molecule has 7 nitrogen and oxygen atoms in total. The molecule has 0 bridgehead atoms. The quantitative estimate of drug-likeness (QED) is 0.296. The predicted octanol–water partition coefficient (Wildman–Crippen LogP) is 4.95. The fourth-order valence-corrected chi connectivity index (χ4v) is 5.24. The van der Waals surface area contributed by atoms with Crippen LogP contribution in [0.15, 0.2) is 66.7 Å². The van der Waals surface area contributed by atoms with E-state index in [1.807, 2.05) is 42.5 Å². The third kappa shape index (κ3) is 6.19. The number of benzene rings is 3. The lowest BCUT2D eigenvalue weighted by atomic mass is 9.92. The van der Waals surface area contributed by atoms with Crippen molar-refractivity contribution in [3.8, 4) is 11.5 Å². The molecule has 1 aliphatic carbocycles. The largest absolute Gasteiger partial charge is 0.497 e. The first-order chi connectivity index (χ1) is 19.4. The average Bonchev–Trinajstić information content (AvgIpc) is 3.65. The normalized spacial score (nSPS) is 19.0. The van der Waals surface area contributed by atoms with E-state index in [0.717, 1.165) is 55.5 Å². The Labute approximate surface area is 232 Å². The Morgan fingerprint density at radius 1 is 1.00 bits per heavy atom. The number of halogens is 2. The molecule has 3 aromatic carbocycles. The van der Waals surface area contributed by atoms with Crippen LogP contribution in [-0.2, 0) is 16.8 Å². The second kappa shape index (κ2) is 11.9. The van der Waals surface area contributed by atoms with E-state index in [1.54, 1.807) is 0 Å². The van der Waals surface area contributed by atoms with Crippen molar-refractivity contribution in [1.29, 1.82) is 0 Å². The summed E-state index contributed by atoms with van der Waals surface area (Å²) >= 11 is 0. The number of carbonyl (C=O) groups is 2. The summed E-state index contributed by atoms with van der Waals surface area (Å²) in [7, 11) is 1.31. The second-order valence-corrected chi connectivity index (χ2v) is 10.3. The summed E-state index contributed by atoms with van der Waals surface area (Å²) in [5, 5.41) is 8.22. The Morgan fingerprint density at radius 3 is 2.45 bits per heavy atom. The number of unbranched alkanes of at least 4 members (excludes halogenated alkanes) is 1. The van der Waals surface area contributed by atoms with Gasteiger partial charge in [0.1, 0.15) is 29.2 Å². The van der Waals surface area contributed by atoms with Crippen molar-refractivity contribution in [2.24, 2.45) is 0 Å². The minimum absolute atomic E-state index is 0.000174. The van der Waals surface area contributed by atoms with Crippen molar-refractivity contribution in [3.63, 3.8) is 0 Å². The highest BCUT2D eigenvalue weighted by atomic mass is 19.1. The average molecular weight is 550 g/mol. The van der Waals surface area contributed by atoms with Crippen molar-refractivity contribution in [1.82, 2.24) is 16.0 Å². The number of hydrogen-bond acceptors (Lipinski definition) is 4. The van der Waals surface area contributed by atoms with E-state index in [0.29, 0.717) is 6.61 Å². The molecule has 0 spiro atoms. The zero-order valence-corrected chi connectivity index (χ0v) is 22.3. The fraction of sp³-hybridized carbons (Fsp3) is 0.355. The molecule has 1 heterocycles. The zero-order chi connectivity index (χ0) is 28.1. The number of hydrogen-bond donors (Lipinski definition) is 3. The Hall–Kier alpha value is -4.14. The highest BCUT2D eigenvalue weighted by molar-refractivity contribution is 5.90. The molecule has 2 aliphatic rings. The van der Waals surface area contributed by atoms with Gasteiger partial charge >= 0.3 is 6.03 Å². The molecule has 210 valence electrons. The van der Waals surface area contributed by atoms with Gasteiger partial charge in [-0.3, -0.25) is 4.79 Å². The SMILES string of the molecule is COc1cc(F)c([C@@H]2CNC(=O)[C@H]2NC(=O)NC2(c3cccc(OCCCCc4ccccc4)c3)CC2)c(F)c1. The van der Waals surface area contributed by atoms with E-state index in [2.05, 4.69) is 28.1 Å². The molecule has 40 heavy (non-hydrogen) atoms. The third-order valence-corrected chi connectivity index (χ3v) is 7.59. The molecular weight excluding hydrogens is 516 g/mol. The van der Waals surface area contributed by atoms with Crippen LogP contribution >= 0.6 is 0 Å².